The monoisotopic (exact) mass is 449 g/mol. The Morgan fingerprint density at radius 2 is 1.90 bits per heavy atom. The molecular weight excluding hydrogens is 422 g/mol. The third kappa shape index (κ3) is 5.95. The van der Waals surface area contributed by atoms with Gasteiger partial charge in [-0.3, -0.25) is 9.69 Å². The lowest BCUT2D eigenvalue weighted by molar-refractivity contribution is 0.0983. The Morgan fingerprint density at radius 1 is 1.14 bits per heavy atom. The smallest absolute Gasteiger partial charge is 0.261 e. The summed E-state index contributed by atoms with van der Waals surface area (Å²) in [5, 5.41) is 0.778. The van der Waals surface area contributed by atoms with Crippen LogP contribution in [0.25, 0.3) is 10.2 Å². The van der Waals surface area contributed by atoms with Crippen LogP contribution in [0, 0.1) is 6.92 Å². The molecule has 0 saturated carbocycles. The van der Waals surface area contributed by atoms with Crippen molar-refractivity contribution in [2.24, 2.45) is 0 Å². The molecule has 0 N–H and O–H groups in total. The molecule has 29 heavy (non-hydrogen) atoms. The van der Waals surface area contributed by atoms with Crippen LogP contribution in [0.1, 0.15) is 29.3 Å². The second-order valence-electron chi connectivity index (χ2n) is 7.01. The molecule has 1 amide bonds. The Labute approximate surface area is 187 Å². The van der Waals surface area contributed by atoms with Gasteiger partial charge >= 0.3 is 0 Å². The molecule has 4 nitrogen and oxygen atoms in total. The highest BCUT2D eigenvalue weighted by Crippen LogP contribution is 2.32. The molecule has 0 saturated heterocycles. The van der Waals surface area contributed by atoms with Gasteiger partial charge in [-0.1, -0.05) is 36.5 Å². The average molecular weight is 450 g/mol. The fraction of sp³-hybridized carbons (Fsp3) is 0.364. The Bertz CT molecular complexity index is 958. The highest BCUT2D eigenvalue weighted by atomic mass is 35.5. The SMILES string of the molecule is CCSc1ccccc1C(=O)N(CCCN(C)C)c1nc2ccc(C)cc2s1.Cl. The van der Waals surface area contributed by atoms with Crippen molar-refractivity contribution >= 4 is 56.8 Å². The molecule has 2 aromatic carbocycles. The summed E-state index contributed by atoms with van der Waals surface area (Å²) in [5.41, 5.74) is 2.92. The zero-order chi connectivity index (χ0) is 20.1. The molecule has 3 aromatic rings. The molecule has 0 radical (unpaired) electrons. The quantitative estimate of drug-likeness (QED) is 0.411. The molecule has 0 bridgehead atoms. The van der Waals surface area contributed by atoms with Gasteiger partial charge in [-0.25, -0.2) is 4.98 Å². The highest BCUT2D eigenvalue weighted by molar-refractivity contribution is 7.99. The minimum atomic E-state index is 0. The number of halogens is 1. The van der Waals surface area contributed by atoms with Crippen molar-refractivity contribution in [3.63, 3.8) is 0 Å². The fourth-order valence-corrected chi connectivity index (χ4v) is 4.92. The molecule has 0 fully saturated rings. The molecule has 156 valence electrons. The summed E-state index contributed by atoms with van der Waals surface area (Å²) in [7, 11) is 4.11. The predicted octanol–water partition coefficient (Wildman–Crippen LogP) is 5.74. The fourth-order valence-electron chi connectivity index (χ4n) is 3.03. The summed E-state index contributed by atoms with van der Waals surface area (Å²) in [4.78, 5) is 23.3. The minimum absolute atomic E-state index is 0. The van der Waals surface area contributed by atoms with Gasteiger partial charge < -0.3 is 4.90 Å². The van der Waals surface area contributed by atoms with Gasteiger partial charge in [0.05, 0.1) is 15.8 Å². The van der Waals surface area contributed by atoms with Crippen molar-refractivity contribution in [3.05, 3.63) is 53.6 Å². The van der Waals surface area contributed by atoms with Crippen molar-refractivity contribution in [2.45, 2.75) is 25.2 Å². The molecular formula is C22H28ClN3OS2. The Kier molecular flexibility index (Phi) is 8.96. The van der Waals surface area contributed by atoms with Crippen LogP contribution in [0.4, 0.5) is 5.13 Å². The number of thioether (sulfide) groups is 1. The highest BCUT2D eigenvalue weighted by Gasteiger charge is 2.23. The van der Waals surface area contributed by atoms with Crippen molar-refractivity contribution < 1.29 is 4.79 Å². The number of rotatable bonds is 8. The summed E-state index contributed by atoms with van der Waals surface area (Å²) in [6.07, 6.45) is 0.900. The molecule has 1 heterocycles. The number of thiazole rings is 1. The van der Waals surface area contributed by atoms with Crippen LogP contribution < -0.4 is 4.90 Å². The maximum atomic E-state index is 13.5. The third-order valence-electron chi connectivity index (χ3n) is 4.41. The van der Waals surface area contributed by atoms with E-state index >= 15 is 0 Å². The van der Waals surface area contributed by atoms with Crippen molar-refractivity contribution in [1.29, 1.82) is 0 Å². The molecule has 3 rings (SSSR count). The third-order valence-corrected chi connectivity index (χ3v) is 6.41. The molecule has 1 aromatic heterocycles. The first-order chi connectivity index (χ1) is 13.5. The lowest BCUT2D eigenvalue weighted by atomic mass is 10.2. The van der Waals surface area contributed by atoms with Gasteiger partial charge in [0.25, 0.3) is 5.91 Å². The normalized spacial score (nSPS) is 10.9. The van der Waals surface area contributed by atoms with Crippen LogP contribution in [0.2, 0.25) is 0 Å². The lowest BCUT2D eigenvalue weighted by Crippen LogP contribution is -2.33. The number of hydrogen-bond acceptors (Lipinski definition) is 5. The van der Waals surface area contributed by atoms with Crippen LogP contribution in [-0.2, 0) is 0 Å². The van der Waals surface area contributed by atoms with Crippen LogP contribution in [0.3, 0.4) is 0 Å². The number of fused-ring (bicyclic) bond motifs is 1. The number of carbonyl (C=O) groups excluding carboxylic acids is 1. The van der Waals surface area contributed by atoms with E-state index in [4.69, 9.17) is 4.98 Å². The van der Waals surface area contributed by atoms with Crippen LogP contribution in [0.5, 0.6) is 0 Å². The van der Waals surface area contributed by atoms with Crippen LogP contribution in [0.15, 0.2) is 47.4 Å². The summed E-state index contributed by atoms with van der Waals surface area (Å²) in [6.45, 7) is 5.77. The van der Waals surface area contributed by atoms with E-state index < -0.39 is 0 Å². The zero-order valence-electron chi connectivity index (χ0n) is 17.3. The number of carbonyl (C=O) groups is 1. The Balaban J connectivity index is 0.00000300. The van der Waals surface area contributed by atoms with Crippen molar-refractivity contribution in [2.75, 3.05) is 37.8 Å². The number of anilines is 1. The van der Waals surface area contributed by atoms with Gasteiger partial charge in [-0.2, -0.15) is 0 Å². The first kappa shape index (κ1) is 23.7. The molecule has 0 spiro atoms. The summed E-state index contributed by atoms with van der Waals surface area (Å²) >= 11 is 3.30. The van der Waals surface area contributed by atoms with E-state index in [1.165, 1.54) is 5.56 Å². The molecule has 0 unspecified atom stereocenters. The van der Waals surface area contributed by atoms with Gasteiger partial charge in [-0.05, 0) is 69.6 Å². The summed E-state index contributed by atoms with van der Waals surface area (Å²) in [5.74, 6) is 0.969. The minimum Gasteiger partial charge on any atom is -0.309 e. The topological polar surface area (TPSA) is 36.4 Å². The maximum absolute atomic E-state index is 13.5. The average Bonchev–Trinajstić information content (AvgIpc) is 3.08. The van der Waals surface area contributed by atoms with Gasteiger partial charge in [0.1, 0.15) is 0 Å². The summed E-state index contributed by atoms with van der Waals surface area (Å²) in [6, 6.07) is 14.1. The van der Waals surface area contributed by atoms with E-state index in [2.05, 4.69) is 45.0 Å². The number of aromatic nitrogens is 1. The van der Waals surface area contributed by atoms with Crippen molar-refractivity contribution in [1.82, 2.24) is 9.88 Å². The lowest BCUT2D eigenvalue weighted by Gasteiger charge is -2.22. The standard InChI is InChI=1S/C22H27N3OS2.ClH/c1-5-27-19-10-7-6-9-17(19)21(26)25(14-8-13-24(3)4)22-23-18-12-11-16(2)15-20(18)28-22;/h6-7,9-12,15H,5,8,13-14H2,1-4H3;1H. The molecule has 0 aliphatic heterocycles. The molecule has 0 aliphatic carbocycles. The van der Waals surface area contributed by atoms with Crippen LogP contribution >= 0.6 is 35.5 Å². The van der Waals surface area contributed by atoms with E-state index in [0.29, 0.717) is 6.54 Å². The summed E-state index contributed by atoms with van der Waals surface area (Å²) < 4.78 is 1.12. The van der Waals surface area contributed by atoms with Gasteiger partial charge in [0, 0.05) is 11.4 Å². The van der Waals surface area contributed by atoms with E-state index in [-0.39, 0.29) is 18.3 Å². The number of amides is 1. The first-order valence-corrected chi connectivity index (χ1v) is 11.4. The number of benzene rings is 2. The van der Waals surface area contributed by atoms with E-state index in [1.807, 2.05) is 35.2 Å². The van der Waals surface area contributed by atoms with E-state index in [0.717, 1.165) is 44.5 Å². The number of nitrogens with zero attached hydrogens (tertiary/aromatic N) is 3. The van der Waals surface area contributed by atoms with Gasteiger partial charge in [0.2, 0.25) is 0 Å². The van der Waals surface area contributed by atoms with Crippen molar-refractivity contribution in [3.8, 4) is 0 Å². The van der Waals surface area contributed by atoms with E-state index in [1.54, 1.807) is 23.1 Å². The maximum Gasteiger partial charge on any atom is 0.261 e. The largest absolute Gasteiger partial charge is 0.309 e. The Hall–Kier alpha value is -1.60. The van der Waals surface area contributed by atoms with Gasteiger partial charge in [-0.15, -0.1) is 24.2 Å². The van der Waals surface area contributed by atoms with Crippen LogP contribution in [-0.4, -0.2) is 48.7 Å². The van der Waals surface area contributed by atoms with Gasteiger partial charge in [0.15, 0.2) is 5.13 Å². The number of hydrogen-bond donors (Lipinski definition) is 0. The predicted molar refractivity (Wildman–Crippen MR) is 129 cm³/mol. The Morgan fingerprint density at radius 3 is 2.62 bits per heavy atom. The second kappa shape index (κ2) is 11.0. The molecule has 0 aliphatic rings. The first-order valence-electron chi connectivity index (χ1n) is 9.55. The number of aryl methyl sites for hydroxylation is 1. The zero-order valence-corrected chi connectivity index (χ0v) is 19.8. The molecule has 0 atom stereocenters. The molecule has 7 heteroatoms. The van der Waals surface area contributed by atoms with E-state index in [9.17, 15) is 4.79 Å². The second-order valence-corrected chi connectivity index (χ2v) is 9.33.